The zero-order valence-electron chi connectivity index (χ0n) is 20.5. The Kier molecular flexibility index (Phi) is 6.77. The molecule has 0 unspecified atom stereocenters. The summed E-state index contributed by atoms with van der Waals surface area (Å²) in [5.74, 6) is -1.15. The molecule has 8 nitrogen and oxygen atoms in total. The number of anilines is 1. The molecule has 4 rings (SSSR count). The smallest absolute Gasteiger partial charge is 0.358 e. The summed E-state index contributed by atoms with van der Waals surface area (Å²) in [6.07, 6.45) is 6.44. The van der Waals surface area contributed by atoms with E-state index >= 15 is 0 Å². The minimum atomic E-state index is -1.21. The molecule has 0 spiro atoms. The van der Waals surface area contributed by atoms with E-state index in [4.69, 9.17) is 4.74 Å². The molecule has 182 valence electrons. The lowest BCUT2D eigenvalue weighted by Crippen LogP contribution is -2.65. The molecule has 0 radical (unpaired) electrons. The van der Waals surface area contributed by atoms with Gasteiger partial charge in [0.15, 0.2) is 5.69 Å². The van der Waals surface area contributed by atoms with E-state index in [1.54, 1.807) is 18.7 Å². The molecule has 1 aromatic carbocycles. The molecule has 1 saturated carbocycles. The Bertz CT molecular complexity index is 1080. The van der Waals surface area contributed by atoms with Crippen LogP contribution < -0.4 is 10.2 Å². The number of esters is 1. The van der Waals surface area contributed by atoms with Crippen LogP contribution in [0.3, 0.4) is 0 Å². The van der Waals surface area contributed by atoms with Gasteiger partial charge in [0.1, 0.15) is 11.2 Å². The monoisotopic (exact) mass is 466 g/mol. The fraction of sp³-hybridized carbons (Fsp3) is 0.538. The third kappa shape index (κ3) is 4.58. The average Bonchev–Trinajstić information content (AvgIpc) is 3.02. The Labute approximate surface area is 200 Å². The standard InChI is InChI=1S/C26H34N4O4/c1-5-34-24(32)21-15-22-23(31)30(20-13-17(2)12-18(3)14-20)26(4,16-29(22)28-21)25(33)27-19-10-8-6-7-9-11-19/h12-15,19H,5-11,16H2,1-4H3,(H,27,33)/t26-/m1/s1. The fourth-order valence-electron chi connectivity index (χ4n) is 5.14. The molecule has 2 aliphatic rings. The summed E-state index contributed by atoms with van der Waals surface area (Å²) in [7, 11) is 0. The third-order valence-corrected chi connectivity index (χ3v) is 6.78. The normalized spacial score (nSPS) is 21.1. The number of fused-ring (bicyclic) bond motifs is 1. The van der Waals surface area contributed by atoms with E-state index in [0.717, 1.165) is 36.8 Å². The predicted octanol–water partition coefficient (Wildman–Crippen LogP) is 3.93. The highest BCUT2D eigenvalue weighted by Crippen LogP contribution is 2.34. The van der Waals surface area contributed by atoms with E-state index in [9.17, 15) is 14.4 Å². The number of rotatable bonds is 5. The summed E-state index contributed by atoms with van der Waals surface area (Å²) >= 11 is 0. The van der Waals surface area contributed by atoms with E-state index in [1.165, 1.54) is 23.6 Å². The number of nitrogens with one attached hydrogen (secondary N) is 1. The number of hydrogen-bond donors (Lipinski definition) is 1. The van der Waals surface area contributed by atoms with Gasteiger partial charge in [0.2, 0.25) is 5.91 Å². The maximum atomic E-state index is 13.8. The molecule has 2 heterocycles. The van der Waals surface area contributed by atoms with Gasteiger partial charge in [-0.2, -0.15) is 5.10 Å². The van der Waals surface area contributed by atoms with Crippen LogP contribution in [0.5, 0.6) is 0 Å². The molecule has 1 atom stereocenters. The Morgan fingerprint density at radius 2 is 1.74 bits per heavy atom. The van der Waals surface area contributed by atoms with E-state index in [0.29, 0.717) is 5.69 Å². The summed E-state index contributed by atoms with van der Waals surface area (Å²) < 4.78 is 6.55. The zero-order valence-corrected chi connectivity index (χ0v) is 20.5. The Balaban J connectivity index is 1.76. The lowest BCUT2D eigenvalue weighted by molar-refractivity contribution is -0.127. The number of ether oxygens (including phenoxy) is 1. The highest BCUT2D eigenvalue weighted by atomic mass is 16.5. The van der Waals surface area contributed by atoms with Gasteiger partial charge in [0.25, 0.3) is 5.91 Å². The van der Waals surface area contributed by atoms with Crippen molar-refractivity contribution >= 4 is 23.5 Å². The second-order valence-corrected chi connectivity index (χ2v) is 9.72. The van der Waals surface area contributed by atoms with E-state index in [1.807, 2.05) is 32.0 Å². The van der Waals surface area contributed by atoms with Crippen molar-refractivity contribution in [3.8, 4) is 0 Å². The van der Waals surface area contributed by atoms with Gasteiger partial charge in [-0.1, -0.05) is 31.7 Å². The van der Waals surface area contributed by atoms with Gasteiger partial charge in [-0.15, -0.1) is 0 Å². The maximum Gasteiger partial charge on any atom is 0.358 e. The highest BCUT2D eigenvalue weighted by Gasteiger charge is 2.49. The van der Waals surface area contributed by atoms with E-state index < -0.39 is 11.5 Å². The van der Waals surface area contributed by atoms with Crippen LogP contribution in [-0.2, 0) is 16.1 Å². The summed E-state index contributed by atoms with van der Waals surface area (Å²) in [5, 5.41) is 7.57. The van der Waals surface area contributed by atoms with Gasteiger partial charge in [0, 0.05) is 17.8 Å². The molecule has 34 heavy (non-hydrogen) atoms. The van der Waals surface area contributed by atoms with Crippen LogP contribution in [0.15, 0.2) is 24.3 Å². The number of aromatic nitrogens is 2. The second-order valence-electron chi connectivity index (χ2n) is 9.72. The van der Waals surface area contributed by atoms with E-state index in [-0.39, 0.29) is 42.4 Å². The summed E-state index contributed by atoms with van der Waals surface area (Å²) in [6, 6.07) is 7.42. The number of carbonyl (C=O) groups is 3. The number of amides is 2. The average molecular weight is 467 g/mol. The van der Waals surface area contributed by atoms with Crippen LogP contribution >= 0.6 is 0 Å². The first-order chi connectivity index (χ1) is 16.2. The van der Waals surface area contributed by atoms with Gasteiger partial charge >= 0.3 is 5.97 Å². The fourth-order valence-corrected chi connectivity index (χ4v) is 5.14. The molecular formula is C26H34N4O4. The van der Waals surface area contributed by atoms with Crippen molar-refractivity contribution in [2.45, 2.75) is 84.3 Å². The van der Waals surface area contributed by atoms with Crippen LogP contribution in [0.2, 0.25) is 0 Å². The third-order valence-electron chi connectivity index (χ3n) is 6.78. The van der Waals surface area contributed by atoms with Crippen molar-refractivity contribution in [1.29, 1.82) is 0 Å². The van der Waals surface area contributed by atoms with E-state index in [2.05, 4.69) is 10.4 Å². The topological polar surface area (TPSA) is 93.5 Å². The molecule has 1 aromatic heterocycles. The molecule has 2 aromatic rings. The molecule has 1 aliphatic heterocycles. The van der Waals surface area contributed by atoms with Crippen LogP contribution in [0.1, 0.15) is 84.5 Å². The lowest BCUT2D eigenvalue weighted by Gasteiger charge is -2.44. The van der Waals surface area contributed by atoms with Crippen molar-refractivity contribution in [3.63, 3.8) is 0 Å². The number of benzene rings is 1. The second kappa shape index (κ2) is 9.60. The molecular weight excluding hydrogens is 432 g/mol. The zero-order chi connectivity index (χ0) is 24.5. The summed E-state index contributed by atoms with van der Waals surface area (Å²) in [5.41, 5.74) is 1.78. The van der Waals surface area contributed by atoms with Crippen molar-refractivity contribution in [2.75, 3.05) is 11.5 Å². The number of nitrogens with zero attached hydrogens (tertiary/aromatic N) is 3. The van der Waals surface area contributed by atoms with Crippen molar-refractivity contribution in [1.82, 2.24) is 15.1 Å². The quantitative estimate of drug-likeness (QED) is 0.532. The van der Waals surface area contributed by atoms with Gasteiger partial charge in [-0.3, -0.25) is 19.2 Å². The number of carbonyl (C=O) groups excluding carboxylic acids is 3. The van der Waals surface area contributed by atoms with Gasteiger partial charge in [-0.25, -0.2) is 4.79 Å². The lowest BCUT2D eigenvalue weighted by atomic mass is 9.92. The first-order valence-corrected chi connectivity index (χ1v) is 12.2. The summed E-state index contributed by atoms with van der Waals surface area (Å²) in [4.78, 5) is 41.5. The molecule has 1 N–H and O–H groups in total. The highest BCUT2D eigenvalue weighted by molar-refractivity contribution is 6.12. The van der Waals surface area contributed by atoms with Crippen molar-refractivity contribution < 1.29 is 19.1 Å². The predicted molar refractivity (Wildman–Crippen MR) is 129 cm³/mol. The van der Waals surface area contributed by atoms with Crippen molar-refractivity contribution in [2.24, 2.45) is 0 Å². The van der Waals surface area contributed by atoms with Crippen LogP contribution in [0.4, 0.5) is 5.69 Å². The maximum absolute atomic E-state index is 13.8. The largest absolute Gasteiger partial charge is 0.461 e. The molecule has 0 bridgehead atoms. The Morgan fingerprint density at radius 1 is 1.09 bits per heavy atom. The molecule has 8 heteroatoms. The SMILES string of the molecule is CCOC(=O)c1cc2n(n1)C[C@](C)(C(=O)NC1CCCCCC1)N(c1cc(C)cc(C)c1)C2=O. The van der Waals surface area contributed by atoms with Crippen LogP contribution in [-0.4, -0.2) is 45.8 Å². The van der Waals surface area contributed by atoms with Crippen LogP contribution in [0.25, 0.3) is 0 Å². The van der Waals surface area contributed by atoms with Gasteiger partial charge < -0.3 is 10.1 Å². The Hall–Kier alpha value is -3.16. The first-order valence-electron chi connectivity index (χ1n) is 12.2. The number of aryl methyl sites for hydroxylation is 2. The number of hydrogen-bond acceptors (Lipinski definition) is 5. The first kappa shape index (κ1) is 24.0. The Morgan fingerprint density at radius 3 is 2.35 bits per heavy atom. The van der Waals surface area contributed by atoms with Gasteiger partial charge in [-0.05, 0) is 63.8 Å². The summed E-state index contributed by atoms with van der Waals surface area (Å²) in [6.45, 7) is 7.79. The molecule has 1 fully saturated rings. The van der Waals surface area contributed by atoms with Crippen LogP contribution in [0, 0.1) is 13.8 Å². The van der Waals surface area contributed by atoms with Crippen molar-refractivity contribution in [3.05, 3.63) is 46.8 Å². The minimum absolute atomic E-state index is 0.0685. The molecule has 2 amide bonds. The molecule has 0 saturated heterocycles. The minimum Gasteiger partial charge on any atom is -0.461 e. The van der Waals surface area contributed by atoms with Gasteiger partial charge in [0.05, 0.1) is 13.2 Å². The molecule has 1 aliphatic carbocycles.